The molecule has 1 rings (SSSR count). The number of hydrogen-bond donors (Lipinski definition) is 1. The van der Waals surface area contributed by atoms with Gasteiger partial charge < -0.3 is 5.73 Å². The first-order valence-electron chi connectivity index (χ1n) is 5.44. The Morgan fingerprint density at radius 1 is 1.54 bits per heavy atom. The van der Waals surface area contributed by atoms with E-state index in [9.17, 15) is 0 Å². The van der Waals surface area contributed by atoms with Gasteiger partial charge >= 0.3 is 0 Å². The van der Waals surface area contributed by atoms with Crippen molar-refractivity contribution < 1.29 is 0 Å². The Balaban J connectivity index is 2.62. The lowest BCUT2D eigenvalue weighted by atomic mass is 10.0. The van der Waals surface area contributed by atoms with E-state index in [4.69, 9.17) is 5.73 Å². The molecule has 13 heavy (non-hydrogen) atoms. The van der Waals surface area contributed by atoms with Crippen molar-refractivity contribution in [2.24, 2.45) is 5.73 Å². The van der Waals surface area contributed by atoms with Crippen molar-refractivity contribution in [1.82, 2.24) is 0 Å². The maximum atomic E-state index is 5.60. The number of rotatable bonds is 4. The fourth-order valence-corrected chi connectivity index (χ4v) is 7.03. The molecule has 1 heterocycles. The summed E-state index contributed by atoms with van der Waals surface area (Å²) in [6, 6.07) is 0. The zero-order valence-electron chi connectivity index (χ0n) is 9.60. The molecule has 1 nitrogen and oxygen atoms in total. The van der Waals surface area contributed by atoms with Gasteiger partial charge in [0.25, 0.3) is 0 Å². The predicted molar refractivity (Wildman–Crippen MR) is 64.8 cm³/mol. The largest absolute Gasteiger partial charge is 0.330 e. The molecule has 1 fully saturated rings. The van der Waals surface area contributed by atoms with Gasteiger partial charge in [-0.3, -0.25) is 0 Å². The molecule has 80 valence electrons. The van der Waals surface area contributed by atoms with Gasteiger partial charge in [0.15, 0.2) is 0 Å². The third-order valence-corrected chi connectivity index (χ3v) is 10.0. The topological polar surface area (TPSA) is 26.0 Å². The van der Waals surface area contributed by atoms with Crippen LogP contribution >= 0.6 is 10.0 Å². The molecule has 0 bridgehead atoms. The van der Waals surface area contributed by atoms with Crippen molar-refractivity contribution in [3.05, 3.63) is 0 Å². The maximum Gasteiger partial charge on any atom is -0.00186 e. The Kier molecular flexibility index (Phi) is 3.34. The minimum Gasteiger partial charge on any atom is -0.330 e. The monoisotopic (exact) mass is 203 g/mol. The van der Waals surface area contributed by atoms with Crippen LogP contribution in [0.1, 0.15) is 40.0 Å². The van der Waals surface area contributed by atoms with Crippen LogP contribution in [-0.2, 0) is 0 Å². The van der Waals surface area contributed by atoms with Gasteiger partial charge in [0, 0.05) is 0 Å². The molecule has 0 aromatic carbocycles. The molecular formula is C11H25NS. The molecule has 0 spiro atoms. The van der Waals surface area contributed by atoms with Crippen LogP contribution in [0.3, 0.4) is 0 Å². The minimum absolute atomic E-state index is 0.350. The van der Waals surface area contributed by atoms with Gasteiger partial charge in [-0.05, 0) is 47.8 Å². The van der Waals surface area contributed by atoms with Gasteiger partial charge in [-0.25, -0.2) is 10.0 Å². The summed E-state index contributed by atoms with van der Waals surface area (Å²) >= 11 is 0. The number of nitrogens with two attached hydrogens (primary N) is 1. The average molecular weight is 203 g/mol. The Morgan fingerprint density at radius 2 is 2.15 bits per heavy atom. The molecule has 3 atom stereocenters. The fourth-order valence-electron chi connectivity index (χ4n) is 2.67. The molecule has 0 amide bonds. The number of hydrogen-bond acceptors (Lipinski definition) is 1. The van der Waals surface area contributed by atoms with Crippen LogP contribution in [0.2, 0.25) is 0 Å². The first-order chi connectivity index (χ1) is 6.00. The summed E-state index contributed by atoms with van der Waals surface area (Å²) in [6.07, 6.45) is 6.57. The van der Waals surface area contributed by atoms with Gasteiger partial charge in [-0.15, -0.1) is 0 Å². The smallest absolute Gasteiger partial charge is 0.00186 e. The van der Waals surface area contributed by atoms with Crippen LogP contribution in [0.4, 0.5) is 0 Å². The van der Waals surface area contributed by atoms with Crippen molar-refractivity contribution in [2.75, 3.05) is 18.6 Å². The third kappa shape index (κ3) is 1.63. The molecule has 0 saturated carbocycles. The molecule has 3 unspecified atom stereocenters. The third-order valence-electron chi connectivity index (χ3n) is 4.25. The summed E-state index contributed by atoms with van der Waals surface area (Å²) < 4.78 is 0.668. The van der Waals surface area contributed by atoms with Gasteiger partial charge in [0.1, 0.15) is 0 Å². The SMILES string of the molecule is CCC1(C)CC(C)S1(C)CCCN. The first-order valence-corrected chi connectivity index (χ1v) is 7.72. The molecule has 2 heteroatoms. The highest BCUT2D eigenvalue weighted by Crippen LogP contribution is 2.73. The second-order valence-electron chi connectivity index (χ2n) is 4.82. The van der Waals surface area contributed by atoms with Crippen molar-refractivity contribution in [3.63, 3.8) is 0 Å². The van der Waals surface area contributed by atoms with E-state index < -0.39 is 0 Å². The molecule has 0 radical (unpaired) electrons. The van der Waals surface area contributed by atoms with Crippen LogP contribution in [-0.4, -0.2) is 28.6 Å². The van der Waals surface area contributed by atoms with E-state index in [1.807, 2.05) is 0 Å². The summed E-state index contributed by atoms with van der Waals surface area (Å²) in [5.41, 5.74) is 5.60. The molecule has 1 saturated heterocycles. The summed E-state index contributed by atoms with van der Waals surface area (Å²) in [5.74, 6) is 1.40. The summed E-state index contributed by atoms with van der Waals surface area (Å²) in [7, 11) is -0.350. The van der Waals surface area contributed by atoms with Crippen molar-refractivity contribution in [1.29, 1.82) is 0 Å². The van der Waals surface area contributed by atoms with E-state index in [1.54, 1.807) is 0 Å². The highest BCUT2D eigenvalue weighted by molar-refractivity contribution is 8.35. The van der Waals surface area contributed by atoms with E-state index >= 15 is 0 Å². The Bertz CT molecular complexity index is 183. The quantitative estimate of drug-likeness (QED) is 0.747. The summed E-state index contributed by atoms with van der Waals surface area (Å²) in [6.45, 7) is 8.14. The Labute approximate surface area is 84.8 Å². The van der Waals surface area contributed by atoms with Gasteiger partial charge in [0.05, 0.1) is 0 Å². The second-order valence-corrected chi connectivity index (χ2v) is 9.34. The van der Waals surface area contributed by atoms with Crippen molar-refractivity contribution >= 4 is 10.0 Å². The highest BCUT2D eigenvalue weighted by Gasteiger charge is 2.51. The van der Waals surface area contributed by atoms with Gasteiger partial charge in [-0.2, -0.15) is 0 Å². The van der Waals surface area contributed by atoms with Crippen LogP contribution in [0.25, 0.3) is 0 Å². The van der Waals surface area contributed by atoms with Crippen LogP contribution in [0.15, 0.2) is 0 Å². The van der Waals surface area contributed by atoms with E-state index in [-0.39, 0.29) is 10.0 Å². The molecule has 1 aliphatic heterocycles. The van der Waals surface area contributed by atoms with Crippen molar-refractivity contribution in [2.45, 2.75) is 50.0 Å². The molecule has 0 aliphatic carbocycles. The zero-order valence-corrected chi connectivity index (χ0v) is 10.4. The minimum atomic E-state index is -0.350. The molecular weight excluding hydrogens is 178 g/mol. The standard InChI is InChI=1S/C11H25NS/c1-5-11(3)9-10(2)13(11,4)8-6-7-12/h10H,5-9,12H2,1-4H3. The van der Waals surface area contributed by atoms with Gasteiger partial charge in [-0.1, -0.05) is 20.8 Å². The Hall–Kier alpha value is 0.310. The Morgan fingerprint density at radius 3 is 2.54 bits per heavy atom. The van der Waals surface area contributed by atoms with Gasteiger partial charge in [0.2, 0.25) is 0 Å². The van der Waals surface area contributed by atoms with E-state index in [0.29, 0.717) is 4.75 Å². The first kappa shape index (κ1) is 11.4. The summed E-state index contributed by atoms with van der Waals surface area (Å²) in [5, 5.41) is 0.976. The lowest BCUT2D eigenvalue weighted by Gasteiger charge is -2.66. The van der Waals surface area contributed by atoms with E-state index in [1.165, 1.54) is 25.0 Å². The maximum absolute atomic E-state index is 5.60. The zero-order chi connectivity index (χ0) is 10.1. The molecule has 1 aliphatic rings. The summed E-state index contributed by atoms with van der Waals surface area (Å²) in [4.78, 5) is 0. The average Bonchev–Trinajstić information content (AvgIpc) is 2.13. The van der Waals surface area contributed by atoms with E-state index in [2.05, 4.69) is 27.0 Å². The normalized spacial score (nSPS) is 49.5. The molecule has 0 aromatic heterocycles. The van der Waals surface area contributed by atoms with Crippen molar-refractivity contribution in [3.8, 4) is 0 Å². The van der Waals surface area contributed by atoms with Crippen LogP contribution in [0.5, 0.6) is 0 Å². The predicted octanol–water partition coefficient (Wildman–Crippen LogP) is 2.73. The molecule has 2 N–H and O–H groups in total. The second kappa shape index (κ2) is 3.82. The lowest BCUT2D eigenvalue weighted by molar-refractivity contribution is 0.496. The molecule has 0 aromatic rings. The highest BCUT2D eigenvalue weighted by atomic mass is 32.3. The van der Waals surface area contributed by atoms with Crippen LogP contribution < -0.4 is 5.73 Å². The van der Waals surface area contributed by atoms with Crippen LogP contribution in [0, 0.1) is 0 Å². The van der Waals surface area contributed by atoms with E-state index in [0.717, 1.165) is 11.8 Å². The lowest BCUT2D eigenvalue weighted by Crippen LogP contribution is -2.51. The fraction of sp³-hybridized carbons (Fsp3) is 1.00.